The molecular formula is C18H14N4O3S2. The number of thiazole rings is 1. The molecule has 136 valence electrons. The summed E-state index contributed by atoms with van der Waals surface area (Å²) in [5, 5.41) is 9.83. The summed E-state index contributed by atoms with van der Waals surface area (Å²) >= 11 is 1.55. The average Bonchev–Trinajstić information content (AvgIpc) is 3.23. The van der Waals surface area contributed by atoms with E-state index in [9.17, 15) is 13.2 Å². The van der Waals surface area contributed by atoms with E-state index < -0.39 is 10.0 Å². The number of rotatable bonds is 4. The summed E-state index contributed by atoms with van der Waals surface area (Å²) in [6.07, 6.45) is 3.87. The minimum atomic E-state index is -3.79. The van der Waals surface area contributed by atoms with Crippen molar-refractivity contribution >= 4 is 37.9 Å². The fourth-order valence-electron chi connectivity index (χ4n) is 2.62. The van der Waals surface area contributed by atoms with Crippen LogP contribution in [0.25, 0.3) is 16.2 Å². The quantitative estimate of drug-likeness (QED) is 0.551. The molecule has 0 spiro atoms. The lowest BCUT2D eigenvalue weighted by molar-refractivity contribution is 0.102. The lowest BCUT2D eigenvalue weighted by atomic mass is 10.1. The van der Waals surface area contributed by atoms with Gasteiger partial charge in [-0.15, -0.1) is 11.3 Å². The van der Waals surface area contributed by atoms with Gasteiger partial charge in [0.15, 0.2) is 4.96 Å². The Morgan fingerprint density at radius 1 is 1.15 bits per heavy atom. The van der Waals surface area contributed by atoms with E-state index >= 15 is 0 Å². The van der Waals surface area contributed by atoms with Crippen LogP contribution in [-0.4, -0.2) is 23.7 Å². The summed E-state index contributed by atoms with van der Waals surface area (Å²) in [4.78, 5) is 17.8. The van der Waals surface area contributed by atoms with Crippen LogP contribution in [0.2, 0.25) is 0 Å². The normalized spacial score (nSPS) is 11.6. The Bertz CT molecular complexity index is 1210. The number of sulfonamides is 1. The Balaban J connectivity index is 1.55. The zero-order valence-corrected chi connectivity index (χ0v) is 15.5. The monoisotopic (exact) mass is 398 g/mol. The average molecular weight is 398 g/mol. The van der Waals surface area contributed by atoms with Gasteiger partial charge in [-0.3, -0.25) is 9.20 Å². The van der Waals surface area contributed by atoms with Crippen LogP contribution < -0.4 is 10.5 Å². The highest BCUT2D eigenvalue weighted by Gasteiger charge is 2.11. The molecule has 3 N–H and O–H groups in total. The van der Waals surface area contributed by atoms with E-state index in [1.54, 1.807) is 17.4 Å². The summed E-state index contributed by atoms with van der Waals surface area (Å²) in [5.41, 5.74) is 2.64. The number of anilines is 1. The van der Waals surface area contributed by atoms with Crippen molar-refractivity contribution in [1.82, 2.24) is 9.38 Å². The first-order valence-corrected chi connectivity index (χ1v) is 10.3. The molecule has 0 aliphatic heterocycles. The topological polar surface area (TPSA) is 107 Å². The molecule has 0 radical (unpaired) electrons. The standard InChI is InChI=1S/C18H14N4O3S2/c19-27(24,25)15-6-4-12(5-7-15)17(23)20-14-3-1-2-13(10-14)16-11-22-8-9-26-18(22)21-16/h1-11H,(H,20,23)(H2,19,24,25). The molecule has 1 amide bonds. The maximum Gasteiger partial charge on any atom is 0.255 e. The van der Waals surface area contributed by atoms with Crippen molar-refractivity contribution in [3.05, 3.63) is 71.9 Å². The first kappa shape index (κ1) is 17.4. The minimum absolute atomic E-state index is 0.0409. The molecule has 2 aromatic heterocycles. The van der Waals surface area contributed by atoms with E-state index in [0.29, 0.717) is 11.3 Å². The third-order valence-electron chi connectivity index (χ3n) is 3.95. The molecule has 0 aliphatic carbocycles. The zero-order chi connectivity index (χ0) is 19.0. The van der Waals surface area contributed by atoms with Crippen LogP contribution in [0.15, 0.2) is 71.2 Å². The molecule has 27 heavy (non-hydrogen) atoms. The van der Waals surface area contributed by atoms with Gasteiger partial charge in [0.25, 0.3) is 5.91 Å². The third kappa shape index (κ3) is 3.61. The van der Waals surface area contributed by atoms with Gasteiger partial charge in [0.1, 0.15) is 0 Å². The highest BCUT2D eigenvalue weighted by atomic mass is 32.2. The van der Waals surface area contributed by atoms with Crippen LogP contribution in [0.1, 0.15) is 10.4 Å². The van der Waals surface area contributed by atoms with Crippen LogP contribution in [0.4, 0.5) is 5.69 Å². The Morgan fingerprint density at radius 3 is 2.63 bits per heavy atom. The molecule has 0 bridgehead atoms. The van der Waals surface area contributed by atoms with E-state index in [1.165, 1.54) is 24.3 Å². The number of aromatic nitrogens is 2. The van der Waals surface area contributed by atoms with Gasteiger partial charge in [0.05, 0.1) is 10.6 Å². The zero-order valence-electron chi connectivity index (χ0n) is 13.9. The Morgan fingerprint density at radius 2 is 1.93 bits per heavy atom. The maximum atomic E-state index is 12.4. The largest absolute Gasteiger partial charge is 0.322 e. The fourth-order valence-corrected chi connectivity index (χ4v) is 3.84. The van der Waals surface area contributed by atoms with E-state index in [-0.39, 0.29) is 10.8 Å². The predicted molar refractivity (Wildman–Crippen MR) is 104 cm³/mol. The van der Waals surface area contributed by atoms with Gasteiger partial charge in [0.2, 0.25) is 10.0 Å². The number of amides is 1. The lowest BCUT2D eigenvalue weighted by Crippen LogP contribution is -2.14. The van der Waals surface area contributed by atoms with Gasteiger partial charge in [-0.2, -0.15) is 0 Å². The predicted octanol–water partition coefficient (Wildman–Crippen LogP) is 2.96. The van der Waals surface area contributed by atoms with Gasteiger partial charge >= 0.3 is 0 Å². The summed E-state index contributed by atoms with van der Waals surface area (Å²) in [6.45, 7) is 0. The van der Waals surface area contributed by atoms with Gasteiger partial charge in [-0.25, -0.2) is 18.5 Å². The van der Waals surface area contributed by atoms with Crippen molar-refractivity contribution in [3.8, 4) is 11.3 Å². The second-order valence-corrected chi connectivity index (χ2v) is 8.26. The molecule has 2 aromatic carbocycles. The highest BCUT2D eigenvalue weighted by Crippen LogP contribution is 2.24. The van der Waals surface area contributed by atoms with Gasteiger partial charge in [0, 0.05) is 34.6 Å². The van der Waals surface area contributed by atoms with Crippen LogP contribution in [0.5, 0.6) is 0 Å². The molecule has 4 rings (SSSR count). The summed E-state index contributed by atoms with van der Waals surface area (Å²) in [5.74, 6) is -0.348. The molecule has 0 atom stereocenters. The van der Waals surface area contributed by atoms with Crippen molar-refractivity contribution in [1.29, 1.82) is 0 Å². The van der Waals surface area contributed by atoms with E-state index in [0.717, 1.165) is 16.2 Å². The molecule has 7 nitrogen and oxygen atoms in total. The van der Waals surface area contributed by atoms with Crippen molar-refractivity contribution in [2.45, 2.75) is 4.90 Å². The second kappa shape index (κ2) is 6.62. The van der Waals surface area contributed by atoms with Gasteiger partial charge in [-0.1, -0.05) is 12.1 Å². The third-order valence-corrected chi connectivity index (χ3v) is 5.65. The van der Waals surface area contributed by atoms with Crippen molar-refractivity contribution < 1.29 is 13.2 Å². The number of nitrogens with two attached hydrogens (primary N) is 1. The lowest BCUT2D eigenvalue weighted by Gasteiger charge is -2.07. The molecule has 0 fully saturated rings. The van der Waals surface area contributed by atoms with E-state index in [1.807, 2.05) is 40.4 Å². The number of hydrogen-bond donors (Lipinski definition) is 2. The molecule has 9 heteroatoms. The first-order chi connectivity index (χ1) is 12.9. The van der Waals surface area contributed by atoms with E-state index in [4.69, 9.17) is 5.14 Å². The van der Waals surface area contributed by atoms with Crippen LogP contribution in [-0.2, 0) is 10.0 Å². The number of nitrogens with one attached hydrogen (secondary N) is 1. The molecule has 0 aliphatic rings. The molecule has 0 saturated carbocycles. The number of fused-ring (bicyclic) bond motifs is 1. The van der Waals surface area contributed by atoms with Gasteiger partial charge in [-0.05, 0) is 36.4 Å². The number of hydrogen-bond acceptors (Lipinski definition) is 5. The first-order valence-electron chi connectivity index (χ1n) is 7.87. The molecular weight excluding hydrogens is 384 g/mol. The van der Waals surface area contributed by atoms with Crippen molar-refractivity contribution in [2.24, 2.45) is 5.14 Å². The summed E-state index contributed by atoms with van der Waals surface area (Å²) < 4.78 is 24.5. The highest BCUT2D eigenvalue weighted by molar-refractivity contribution is 7.89. The van der Waals surface area contributed by atoms with Gasteiger partial charge < -0.3 is 5.32 Å². The summed E-state index contributed by atoms with van der Waals surface area (Å²) in [6, 6.07) is 12.8. The Labute approximate surface area is 159 Å². The Hall–Kier alpha value is -3.01. The SMILES string of the molecule is NS(=O)(=O)c1ccc(C(=O)Nc2cccc(-c3cn4ccsc4n3)c2)cc1. The smallest absolute Gasteiger partial charge is 0.255 e. The number of carbonyl (C=O) groups is 1. The number of primary sulfonamides is 1. The van der Waals surface area contributed by atoms with Crippen LogP contribution >= 0.6 is 11.3 Å². The Kier molecular flexibility index (Phi) is 4.27. The minimum Gasteiger partial charge on any atom is -0.322 e. The molecule has 4 aromatic rings. The maximum absolute atomic E-state index is 12.4. The summed E-state index contributed by atoms with van der Waals surface area (Å²) in [7, 11) is -3.79. The van der Waals surface area contributed by atoms with Crippen molar-refractivity contribution in [2.75, 3.05) is 5.32 Å². The molecule has 0 unspecified atom stereocenters. The van der Waals surface area contributed by atoms with Crippen LogP contribution in [0, 0.1) is 0 Å². The number of imidazole rings is 1. The van der Waals surface area contributed by atoms with Crippen molar-refractivity contribution in [3.63, 3.8) is 0 Å². The molecule has 0 saturated heterocycles. The van der Waals surface area contributed by atoms with Crippen LogP contribution in [0.3, 0.4) is 0 Å². The fraction of sp³-hybridized carbons (Fsp3) is 0. The number of carbonyl (C=O) groups excluding carboxylic acids is 1. The molecule has 2 heterocycles. The second-order valence-electron chi connectivity index (χ2n) is 5.82. The van der Waals surface area contributed by atoms with E-state index in [2.05, 4.69) is 10.3 Å². The number of benzene rings is 2. The number of nitrogens with zero attached hydrogens (tertiary/aromatic N) is 2.